The molecule has 63 heavy (non-hydrogen) atoms. The second-order valence-corrected chi connectivity index (χ2v) is 18.1. The number of allylic oxidation sites excluding steroid dienone is 8. The fourth-order valence-corrected chi connectivity index (χ4v) is 7.67. The Balaban J connectivity index is 4.32. The molecule has 0 bridgehead atoms. The molecule has 0 radical (unpaired) electrons. The van der Waals surface area contributed by atoms with Gasteiger partial charge in [0.25, 0.3) is 0 Å². The van der Waals surface area contributed by atoms with Crippen molar-refractivity contribution in [2.24, 2.45) is 0 Å². The molecule has 0 spiro atoms. The number of hydrogen-bond donors (Lipinski definition) is 0. The van der Waals surface area contributed by atoms with E-state index in [1.807, 2.05) is 0 Å². The Bertz CT molecular complexity index is 1110. The molecule has 1 unspecified atom stereocenters. The highest BCUT2D eigenvalue weighted by Gasteiger charge is 2.19. The van der Waals surface area contributed by atoms with E-state index in [4.69, 9.17) is 14.2 Å². The van der Waals surface area contributed by atoms with Crippen LogP contribution in [-0.2, 0) is 28.6 Å². The van der Waals surface area contributed by atoms with Gasteiger partial charge in [0.05, 0.1) is 0 Å². The molecule has 1 atom stereocenters. The van der Waals surface area contributed by atoms with Crippen molar-refractivity contribution in [2.75, 3.05) is 13.2 Å². The van der Waals surface area contributed by atoms with Gasteiger partial charge in [0.2, 0.25) is 0 Å². The number of unbranched alkanes of at least 4 members (excludes halogenated alkanes) is 30. The van der Waals surface area contributed by atoms with Crippen molar-refractivity contribution in [2.45, 2.75) is 284 Å². The minimum atomic E-state index is -0.778. The molecule has 0 fully saturated rings. The maximum Gasteiger partial charge on any atom is 0.306 e. The quantitative estimate of drug-likeness (QED) is 0.0262. The van der Waals surface area contributed by atoms with Gasteiger partial charge in [-0.05, 0) is 77.0 Å². The summed E-state index contributed by atoms with van der Waals surface area (Å²) in [6.45, 7) is 6.59. The van der Waals surface area contributed by atoms with Gasteiger partial charge in [-0.1, -0.05) is 230 Å². The third kappa shape index (κ3) is 50.2. The zero-order chi connectivity index (χ0) is 45.8. The Kier molecular flexibility index (Phi) is 49.8. The van der Waals surface area contributed by atoms with Crippen molar-refractivity contribution in [1.82, 2.24) is 0 Å². The predicted octanol–water partition coefficient (Wildman–Crippen LogP) is 17.9. The van der Waals surface area contributed by atoms with Crippen LogP contribution in [0, 0.1) is 0 Å². The van der Waals surface area contributed by atoms with Gasteiger partial charge in [-0.25, -0.2) is 0 Å². The molecule has 0 aliphatic carbocycles. The molecule has 366 valence electrons. The first-order valence-corrected chi connectivity index (χ1v) is 27.1. The van der Waals surface area contributed by atoms with Crippen LogP contribution in [0.5, 0.6) is 0 Å². The van der Waals surface area contributed by atoms with Crippen LogP contribution in [0.15, 0.2) is 48.6 Å². The average molecular weight is 883 g/mol. The number of carbonyl (C=O) groups excluding carboxylic acids is 3. The standard InChI is InChI=1S/C57H102O6/c1-4-7-10-13-16-19-22-24-25-26-27-28-29-30-31-33-35-38-41-44-47-50-56(59)62-53-54(52-61-55(58)49-46-43-40-37-34-21-18-15-12-9-6-3)63-57(60)51-48-45-42-39-36-32-23-20-17-14-11-8-5-2/h15,18,22,24,26-27,29-30,54H,4-14,16-17,19-21,23,25,28,31-53H2,1-3H3/b18-15-,24-22-,27-26-,30-29-. The normalized spacial score (nSPS) is 12.4. The van der Waals surface area contributed by atoms with Crippen molar-refractivity contribution in [1.29, 1.82) is 0 Å². The summed E-state index contributed by atoms with van der Waals surface area (Å²) in [7, 11) is 0. The largest absolute Gasteiger partial charge is 0.462 e. The summed E-state index contributed by atoms with van der Waals surface area (Å²) in [4.78, 5) is 38.0. The summed E-state index contributed by atoms with van der Waals surface area (Å²) in [6, 6.07) is 0. The zero-order valence-electron chi connectivity index (χ0n) is 41.8. The lowest BCUT2D eigenvalue weighted by Crippen LogP contribution is -2.30. The van der Waals surface area contributed by atoms with Crippen molar-refractivity contribution >= 4 is 17.9 Å². The van der Waals surface area contributed by atoms with Gasteiger partial charge >= 0.3 is 17.9 Å². The van der Waals surface area contributed by atoms with Gasteiger partial charge in [-0.3, -0.25) is 14.4 Å². The molecule has 0 amide bonds. The molecule has 6 heteroatoms. The molecule has 0 aliphatic heterocycles. The fraction of sp³-hybridized carbons (Fsp3) is 0.807. The maximum absolute atomic E-state index is 12.8. The monoisotopic (exact) mass is 883 g/mol. The van der Waals surface area contributed by atoms with E-state index in [-0.39, 0.29) is 31.1 Å². The van der Waals surface area contributed by atoms with E-state index in [1.54, 1.807) is 0 Å². The molecule has 6 nitrogen and oxygen atoms in total. The number of esters is 3. The van der Waals surface area contributed by atoms with Crippen molar-refractivity contribution < 1.29 is 28.6 Å². The van der Waals surface area contributed by atoms with Crippen LogP contribution in [0.4, 0.5) is 0 Å². The van der Waals surface area contributed by atoms with Crippen molar-refractivity contribution in [3.8, 4) is 0 Å². The molecule has 0 heterocycles. The van der Waals surface area contributed by atoms with Gasteiger partial charge < -0.3 is 14.2 Å². The summed E-state index contributed by atoms with van der Waals surface area (Å²) in [5.41, 5.74) is 0. The Morgan fingerprint density at radius 1 is 0.317 bits per heavy atom. The highest BCUT2D eigenvalue weighted by Crippen LogP contribution is 2.15. The third-order valence-electron chi connectivity index (χ3n) is 11.8. The van der Waals surface area contributed by atoms with E-state index in [2.05, 4.69) is 69.4 Å². The average Bonchev–Trinajstić information content (AvgIpc) is 3.28. The van der Waals surface area contributed by atoms with Gasteiger partial charge in [-0.2, -0.15) is 0 Å². The molecule has 0 N–H and O–H groups in total. The van der Waals surface area contributed by atoms with Crippen LogP contribution in [0.1, 0.15) is 278 Å². The Morgan fingerprint density at radius 2 is 0.587 bits per heavy atom. The van der Waals surface area contributed by atoms with E-state index in [9.17, 15) is 14.4 Å². The minimum Gasteiger partial charge on any atom is -0.462 e. The number of rotatable bonds is 49. The van der Waals surface area contributed by atoms with E-state index in [1.165, 1.54) is 154 Å². The number of ether oxygens (including phenoxy) is 3. The smallest absolute Gasteiger partial charge is 0.306 e. The van der Waals surface area contributed by atoms with Crippen LogP contribution < -0.4 is 0 Å². The minimum absolute atomic E-state index is 0.0797. The second-order valence-electron chi connectivity index (χ2n) is 18.1. The molecule has 0 saturated carbocycles. The summed E-state index contributed by atoms with van der Waals surface area (Å²) >= 11 is 0. The predicted molar refractivity (Wildman–Crippen MR) is 270 cm³/mol. The molecule has 0 aromatic heterocycles. The Morgan fingerprint density at radius 3 is 0.952 bits per heavy atom. The third-order valence-corrected chi connectivity index (χ3v) is 11.8. The molecule has 0 saturated heterocycles. The Labute approximate surface area is 390 Å². The Hall–Kier alpha value is -2.63. The van der Waals surface area contributed by atoms with Crippen molar-refractivity contribution in [3.63, 3.8) is 0 Å². The van der Waals surface area contributed by atoms with Gasteiger partial charge in [-0.15, -0.1) is 0 Å². The van der Waals surface area contributed by atoms with Crippen LogP contribution in [0.2, 0.25) is 0 Å². The lowest BCUT2D eigenvalue weighted by atomic mass is 10.0. The van der Waals surface area contributed by atoms with E-state index < -0.39 is 6.10 Å². The van der Waals surface area contributed by atoms with Crippen molar-refractivity contribution in [3.05, 3.63) is 48.6 Å². The van der Waals surface area contributed by atoms with Gasteiger partial charge in [0.1, 0.15) is 13.2 Å². The molecule has 0 aromatic rings. The first-order valence-electron chi connectivity index (χ1n) is 27.1. The van der Waals surface area contributed by atoms with Crippen LogP contribution >= 0.6 is 0 Å². The molecule has 0 aliphatic rings. The zero-order valence-corrected chi connectivity index (χ0v) is 41.8. The SMILES string of the molecule is CCCC/C=C\CCCCCCCC(=O)OCC(COC(=O)CCCCCCCC/C=C\C/C=C\C/C=C\CCCCCCC)OC(=O)CCCCCCCCCCCCCCC. The molecular formula is C57H102O6. The molecule has 0 rings (SSSR count). The number of hydrogen-bond acceptors (Lipinski definition) is 6. The summed E-state index contributed by atoms with van der Waals surface area (Å²) in [6.07, 6.45) is 62.4. The first kappa shape index (κ1) is 60.4. The van der Waals surface area contributed by atoms with Crippen LogP contribution in [-0.4, -0.2) is 37.2 Å². The van der Waals surface area contributed by atoms with Crippen LogP contribution in [0.3, 0.4) is 0 Å². The summed E-state index contributed by atoms with van der Waals surface area (Å²) in [5, 5.41) is 0. The van der Waals surface area contributed by atoms with Gasteiger partial charge in [0, 0.05) is 19.3 Å². The fourth-order valence-electron chi connectivity index (χ4n) is 7.67. The maximum atomic E-state index is 12.8. The van der Waals surface area contributed by atoms with Crippen LogP contribution in [0.25, 0.3) is 0 Å². The lowest BCUT2D eigenvalue weighted by Gasteiger charge is -2.18. The highest BCUT2D eigenvalue weighted by molar-refractivity contribution is 5.71. The first-order chi connectivity index (χ1) is 31.0. The van der Waals surface area contributed by atoms with E-state index in [0.29, 0.717) is 19.3 Å². The highest BCUT2D eigenvalue weighted by atomic mass is 16.6. The summed E-state index contributed by atoms with van der Waals surface area (Å²) in [5.74, 6) is -0.892. The number of carbonyl (C=O) groups is 3. The van der Waals surface area contributed by atoms with Gasteiger partial charge in [0.15, 0.2) is 6.10 Å². The topological polar surface area (TPSA) is 78.9 Å². The molecular weight excluding hydrogens is 781 g/mol. The summed E-state index contributed by atoms with van der Waals surface area (Å²) < 4.78 is 16.8. The van der Waals surface area contributed by atoms with E-state index in [0.717, 1.165) is 83.5 Å². The molecule has 0 aromatic carbocycles. The second kappa shape index (κ2) is 52.0. The lowest BCUT2D eigenvalue weighted by molar-refractivity contribution is -0.167. The van der Waals surface area contributed by atoms with E-state index >= 15 is 0 Å².